The lowest BCUT2D eigenvalue weighted by molar-refractivity contribution is 0.0724. The molecule has 5 heteroatoms. The molecule has 0 amide bonds. The maximum absolute atomic E-state index is 12.9. The van der Waals surface area contributed by atoms with Crippen molar-refractivity contribution in [1.82, 2.24) is 9.88 Å². The van der Waals surface area contributed by atoms with Crippen molar-refractivity contribution < 1.29 is 13.9 Å². The minimum atomic E-state index is -0.324. The molecule has 2 aromatic rings. The molecule has 0 aliphatic heterocycles. The Morgan fingerprint density at radius 3 is 2.55 bits per heavy atom. The molecule has 2 rings (SSSR count). The van der Waals surface area contributed by atoms with Crippen LogP contribution in [0.2, 0.25) is 0 Å². The summed E-state index contributed by atoms with van der Waals surface area (Å²) in [4.78, 5) is 6.38. The molecule has 0 fully saturated rings. The molecule has 0 saturated heterocycles. The molecular weight excluding hydrogens is 259 g/mol. The van der Waals surface area contributed by atoms with Crippen molar-refractivity contribution in [3.8, 4) is 11.5 Å². The predicted molar refractivity (Wildman–Crippen MR) is 74.5 cm³/mol. The Bertz CT molecular complexity index is 564. The zero-order valence-corrected chi connectivity index (χ0v) is 11.9. The molecule has 4 nitrogen and oxygen atoms in total. The van der Waals surface area contributed by atoms with Crippen LogP contribution in [0.25, 0.3) is 11.5 Å². The van der Waals surface area contributed by atoms with E-state index < -0.39 is 0 Å². The fourth-order valence-electron chi connectivity index (χ4n) is 1.68. The highest BCUT2D eigenvalue weighted by Gasteiger charge is 2.23. The molecule has 1 aromatic carbocycles. The van der Waals surface area contributed by atoms with E-state index >= 15 is 0 Å². The monoisotopic (exact) mass is 278 g/mol. The van der Waals surface area contributed by atoms with Crippen LogP contribution in [-0.2, 0) is 6.54 Å². The minimum Gasteiger partial charge on any atom is -0.444 e. The van der Waals surface area contributed by atoms with Gasteiger partial charge < -0.3 is 9.52 Å². The van der Waals surface area contributed by atoms with Crippen LogP contribution in [0.5, 0.6) is 0 Å². The summed E-state index contributed by atoms with van der Waals surface area (Å²) in [5.41, 5.74) is 1.18. The lowest BCUT2D eigenvalue weighted by atomic mass is 10.1. The molecule has 0 radical (unpaired) electrons. The van der Waals surface area contributed by atoms with E-state index in [1.54, 1.807) is 18.4 Å². The number of aliphatic hydroxyl groups excluding tert-OH is 1. The third-order valence-corrected chi connectivity index (χ3v) is 3.46. The normalized spacial score (nSPS) is 12.1. The van der Waals surface area contributed by atoms with Gasteiger partial charge in [0.05, 0.1) is 12.3 Å². The third kappa shape index (κ3) is 3.23. The number of rotatable bonds is 5. The average Bonchev–Trinajstić information content (AvgIpc) is 2.88. The summed E-state index contributed by atoms with van der Waals surface area (Å²) in [5, 5.41) is 9.33. The summed E-state index contributed by atoms with van der Waals surface area (Å²) in [6.45, 7) is 4.53. The van der Waals surface area contributed by atoms with Gasteiger partial charge in [0.25, 0.3) is 0 Å². The summed E-state index contributed by atoms with van der Waals surface area (Å²) in [6.07, 6.45) is 1.59. The van der Waals surface area contributed by atoms with E-state index in [0.717, 1.165) is 11.3 Å². The zero-order chi connectivity index (χ0) is 14.8. The molecule has 0 aliphatic carbocycles. The summed E-state index contributed by atoms with van der Waals surface area (Å²) in [6, 6.07) is 6.01. The van der Waals surface area contributed by atoms with E-state index in [1.807, 2.05) is 25.8 Å². The average molecular weight is 278 g/mol. The smallest absolute Gasteiger partial charge is 0.226 e. The summed E-state index contributed by atoms with van der Waals surface area (Å²) in [7, 11) is 1.92. The molecule has 0 saturated carbocycles. The van der Waals surface area contributed by atoms with E-state index in [4.69, 9.17) is 4.42 Å². The Balaban J connectivity index is 2.11. The predicted octanol–water partition coefficient (Wildman–Crippen LogP) is 2.68. The van der Waals surface area contributed by atoms with Gasteiger partial charge in [0.2, 0.25) is 5.89 Å². The van der Waals surface area contributed by atoms with Crippen molar-refractivity contribution in [2.75, 3.05) is 13.7 Å². The molecule has 108 valence electrons. The molecule has 0 atom stereocenters. The number of hydrogen-bond donors (Lipinski definition) is 1. The SMILES string of the molecule is CN(Cc1coc(-c2ccc(F)cc2)n1)C(C)(C)CO. The highest BCUT2D eigenvalue weighted by molar-refractivity contribution is 5.52. The van der Waals surface area contributed by atoms with Crippen LogP contribution in [0, 0.1) is 5.82 Å². The summed E-state index contributed by atoms with van der Waals surface area (Å²) in [5.74, 6) is 0.181. The van der Waals surface area contributed by atoms with Gasteiger partial charge in [0.15, 0.2) is 0 Å². The van der Waals surface area contributed by atoms with Gasteiger partial charge in [-0.1, -0.05) is 0 Å². The van der Waals surface area contributed by atoms with Crippen molar-refractivity contribution in [1.29, 1.82) is 0 Å². The number of aromatic nitrogens is 1. The fraction of sp³-hybridized carbons (Fsp3) is 0.400. The van der Waals surface area contributed by atoms with E-state index in [2.05, 4.69) is 4.98 Å². The first-order valence-electron chi connectivity index (χ1n) is 6.45. The van der Waals surface area contributed by atoms with Crippen molar-refractivity contribution in [3.63, 3.8) is 0 Å². The first-order valence-corrected chi connectivity index (χ1v) is 6.45. The van der Waals surface area contributed by atoms with Gasteiger partial charge in [0.1, 0.15) is 12.1 Å². The zero-order valence-electron chi connectivity index (χ0n) is 11.9. The molecule has 0 aliphatic rings. The Morgan fingerprint density at radius 1 is 1.30 bits per heavy atom. The molecule has 0 spiro atoms. The number of likely N-dealkylation sites (N-methyl/N-ethyl adjacent to an activating group) is 1. The number of hydrogen-bond acceptors (Lipinski definition) is 4. The van der Waals surface area contributed by atoms with Crippen LogP contribution in [0.1, 0.15) is 19.5 Å². The second kappa shape index (κ2) is 5.73. The van der Waals surface area contributed by atoms with Crippen molar-refractivity contribution in [2.45, 2.75) is 25.9 Å². The van der Waals surface area contributed by atoms with Gasteiger partial charge >= 0.3 is 0 Å². The molecule has 1 N–H and O–H groups in total. The molecule has 1 aromatic heterocycles. The Morgan fingerprint density at radius 2 is 1.95 bits per heavy atom. The lowest BCUT2D eigenvalue weighted by Gasteiger charge is -2.33. The van der Waals surface area contributed by atoms with Crippen molar-refractivity contribution >= 4 is 0 Å². The largest absolute Gasteiger partial charge is 0.444 e. The van der Waals surface area contributed by atoms with Crippen molar-refractivity contribution in [3.05, 3.63) is 42.0 Å². The number of benzene rings is 1. The quantitative estimate of drug-likeness (QED) is 0.913. The molecule has 20 heavy (non-hydrogen) atoms. The van der Waals surface area contributed by atoms with Crippen LogP contribution in [0.3, 0.4) is 0 Å². The van der Waals surface area contributed by atoms with Crippen LogP contribution in [0.4, 0.5) is 4.39 Å². The van der Waals surface area contributed by atoms with Crippen LogP contribution < -0.4 is 0 Å². The highest BCUT2D eigenvalue weighted by Crippen LogP contribution is 2.21. The lowest BCUT2D eigenvalue weighted by Crippen LogP contribution is -2.43. The Kier molecular flexibility index (Phi) is 4.20. The van der Waals surface area contributed by atoms with E-state index in [1.165, 1.54) is 12.1 Å². The maximum Gasteiger partial charge on any atom is 0.226 e. The van der Waals surface area contributed by atoms with Gasteiger partial charge in [-0.3, -0.25) is 4.90 Å². The second-order valence-corrected chi connectivity index (χ2v) is 5.48. The van der Waals surface area contributed by atoms with Crippen LogP contribution >= 0.6 is 0 Å². The maximum atomic E-state index is 12.9. The minimum absolute atomic E-state index is 0.0617. The van der Waals surface area contributed by atoms with Crippen LogP contribution in [0.15, 0.2) is 34.9 Å². The highest BCUT2D eigenvalue weighted by atomic mass is 19.1. The molecule has 0 bridgehead atoms. The van der Waals surface area contributed by atoms with Gasteiger partial charge in [-0.05, 0) is 45.2 Å². The number of aliphatic hydroxyl groups is 1. The standard InChI is InChI=1S/C15H19FN2O2/c1-15(2,10-19)18(3)8-13-9-20-14(17-13)11-4-6-12(16)7-5-11/h4-7,9,19H,8,10H2,1-3H3. The number of nitrogens with zero attached hydrogens (tertiary/aromatic N) is 2. The van der Waals surface area contributed by atoms with E-state index in [0.29, 0.717) is 12.4 Å². The van der Waals surface area contributed by atoms with Gasteiger partial charge in [-0.2, -0.15) is 0 Å². The summed E-state index contributed by atoms with van der Waals surface area (Å²) >= 11 is 0. The fourth-order valence-corrected chi connectivity index (χ4v) is 1.68. The topological polar surface area (TPSA) is 49.5 Å². The first kappa shape index (κ1) is 14.7. The first-order chi connectivity index (χ1) is 9.42. The molecular formula is C15H19FN2O2. The number of oxazole rings is 1. The van der Waals surface area contributed by atoms with E-state index in [-0.39, 0.29) is 18.0 Å². The van der Waals surface area contributed by atoms with E-state index in [9.17, 15) is 9.50 Å². The number of halogens is 1. The summed E-state index contributed by atoms with van der Waals surface area (Å²) < 4.78 is 18.3. The Hall–Kier alpha value is -1.72. The molecule has 0 unspecified atom stereocenters. The third-order valence-electron chi connectivity index (χ3n) is 3.46. The molecule has 1 heterocycles. The van der Waals surface area contributed by atoms with Crippen molar-refractivity contribution in [2.24, 2.45) is 0 Å². The van der Waals surface area contributed by atoms with Gasteiger partial charge in [-0.15, -0.1) is 0 Å². The van der Waals surface area contributed by atoms with Crippen LogP contribution in [-0.4, -0.2) is 34.2 Å². The van der Waals surface area contributed by atoms with Gasteiger partial charge in [0, 0.05) is 17.6 Å². The van der Waals surface area contributed by atoms with Gasteiger partial charge in [-0.25, -0.2) is 9.37 Å². The Labute approximate surface area is 117 Å². The second-order valence-electron chi connectivity index (χ2n) is 5.48.